The molecule has 1 atom stereocenters. The maximum atomic E-state index is 12.3. The van der Waals surface area contributed by atoms with Gasteiger partial charge in [0.05, 0.1) is 5.54 Å². The van der Waals surface area contributed by atoms with E-state index in [0.29, 0.717) is 12.6 Å². The summed E-state index contributed by atoms with van der Waals surface area (Å²) in [6.07, 6.45) is 5.14. The van der Waals surface area contributed by atoms with Crippen LogP contribution in [-0.4, -0.2) is 78.8 Å². The van der Waals surface area contributed by atoms with Gasteiger partial charge in [0.2, 0.25) is 0 Å². The summed E-state index contributed by atoms with van der Waals surface area (Å²) in [5.41, 5.74) is -0.854. The number of rotatable bonds is 6. The molecule has 0 aromatic heterocycles. The SMILES string of the molecule is CCC(CC)(CNC(=NC)N1CCC(N2CCCC2)C1)NC(=O)OC(C)(C)C. The molecule has 0 radical (unpaired) electrons. The number of aliphatic imine (C=N–C) groups is 1. The van der Waals surface area contributed by atoms with Gasteiger partial charge in [0.15, 0.2) is 5.96 Å². The highest BCUT2D eigenvalue weighted by Crippen LogP contribution is 2.21. The van der Waals surface area contributed by atoms with Crippen molar-refractivity contribution in [3.8, 4) is 0 Å². The van der Waals surface area contributed by atoms with Gasteiger partial charge in [0.25, 0.3) is 0 Å². The van der Waals surface area contributed by atoms with Crippen molar-refractivity contribution in [3.05, 3.63) is 0 Å². The second kappa shape index (κ2) is 9.81. The zero-order valence-corrected chi connectivity index (χ0v) is 18.8. The molecule has 162 valence electrons. The second-order valence-corrected chi connectivity index (χ2v) is 9.15. The van der Waals surface area contributed by atoms with Crippen LogP contribution in [0.2, 0.25) is 0 Å². The van der Waals surface area contributed by atoms with Crippen LogP contribution in [0.4, 0.5) is 4.79 Å². The molecule has 1 amide bonds. The Hall–Kier alpha value is -1.50. The molecule has 2 saturated heterocycles. The number of carbonyl (C=O) groups is 1. The summed E-state index contributed by atoms with van der Waals surface area (Å²) in [7, 11) is 1.84. The van der Waals surface area contributed by atoms with E-state index in [9.17, 15) is 4.79 Å². The first-order chi connectivity index (χ1) is 13.2. The predicted molar refractivity (Wildman–Crippen MR) is 115 cm³/mol. The molecular weight excluding hydrogens is 354 g/mol. The molecule has 7 heteroatoms. The predicted octanol–water partition coefficient (Wildman–Crippen LogP) is 2.82. The fourth-order valence-corrected chi connectivity index (χ4v) is 4.16. The lowest BCUT2D eigenvalue weighted by Crippen LogP contribution is -2.57. The van der Waals surface area contributed by atoms with E-state index in [1.54, 1.807) is 0 Å². The van der Waals surface area contributed by atoms with Gasteiger partial charge in [-0.15, -0.1) is 0 Å². The molecule has 0 bridgehead atoms. The summed E-state index contributed by atoms with van der Waals surface area (Å²) in [6, 6.07) is 0.642. The Kier molecular flexibility index (Phi) is 7.98. The fourth-order valence-electron chi connectivity index (χ4n) is 4.16. The van der Waals surface area contributed by atoms with E-state index in [0.717, 1.165) is 31.9 Å². The summed E-state index contributed by atoms with van der Waals surface area (Å²) >= 11 is 0. The van der Waals surface area contributed by atoms with Gasteiger partial charge in [-0.3, -0.25) is 9.89 Å². The number of nitrogens with zero attached hydrogens (tertiary/aromatic N) is 3. The Morgan fingerprint density at radius 3 is 2.32 bits per heavy atom. The number of guanidine groups is 1. The van der Waals surface area contributed by atoms with Gasteiger partial charge >= 0.3 is 6.09 Å². The molecule has 0 spiro atoms. The van der Waals surface area contributed by atoms with Gasteiger partial charge in [0.1, 0.15) is 5.60 Å². The number of carbonyl (C=O) groups excluding carboxylic acids is 1. The first-order valence-corrected chi connectivity index (χ1v) is 10.9. The topological polar surface area (TPSA) is 69.2 Å². The molecule has 0 aromatic rings. The van der Waals surface area contributed by atoms with Gasteiger partial charge in [0, 0.05) is 32.7 Å². The summed E-state index contributed by atoms with van der Waals surface area (Å²) in [6.45, 7) is 15.0. The number of hydrogen-bond acceptors (Lipinski definition) is 4. The first-order valence-electron chi connectivity index (χ1n) is 10.9. The Bertz CT molecular complexity index is 533. The minimum atomic E-state index is -0.499. The zero-order chi connectivity index (χ0) is 20.8. The second-order valence-electron chi connectivity index (χ2n) is 9.15. The molecule has 2 N–H and O–H groups in total. The maximum Gasteiger partial charge on any atom is 0.408 e. The van der Waals surface area contributed by atoms with Crippen molar-refractivity contribution in [3.63, 3.8) is 0 Å². The van der Waals surface area contributed by atoms with E-state index >= 15 is 0 Å². The van der Waals surface area contributed by atoms with Gasteiger partial charge in [-0.05, 0) is 66.0 Å². The highest BCUT2D eigenvalue weighted by molar-refractivity contribution is 5.80. The van der Waals surface area contributed by atoms with Gasteiger partial charge in [-0.25, -0.2) is 4.79 Å². The van der Waals surface area contributed by atoms with Crippen LogP contribution in [0.25, 0.3) is 0 Å². The maximum absolute atomic E-state index is 12.3. The molecule has 0 aromatic carbocycles. The number of alkyl carbamates (subject to hydrolysis) is 1. The van der Waals surface area contributed by atoms with Crippen LogP contribution in [0.3, 0.4) is 0 Å². The van der Waals surface area contributed by atoms with Gasteiger partial charge in [-0.2, -0.15) is 0 Å². The Labute approximate surface area is 171 Å². The molecule has 2 heterocycles. The molecule has 2 aliphatic rings. The van der Waals surface area contributed by atoms with Crippen molar-refractivity contribution in [1.29, 1.82) is 0 Å². The standard InChI is InChI=1S/C21H41N5O2/c1-7-21(8-2,24-19(27)28-20(3,4)5)16-23-18(22-6)26-14-11-17(15-26)25-12-9-10-13-25/h17H,7-16H2,1-6H3,(H,22,23)(H,24,27). The van der Waals surface area contributed by atoms with Crippen LogP contribution in [-0.2, 0) is 4.74 Å². The van der Waals surface area contributed by atoms with Crippen LogP contribution in [0.1, 0.15) is 66.7 Å². The van der Waals surface area contributed by atoms with Crippen molar-refractivity contribution >= 4 is 12.1 Å². The third-order valence-electron chi connectivity index (χ3n) is 6.04. The van der Waals surface area contributed by atoms with Crippen molar-refractivity contribution in [2.45, 2.75) is 83.9 Å². The van der Waals surface area contributed by atoms with Crippen LogP contribution < -0.4 is 10.6 Å². The fraction of sp³-hybridized carbons (Fsp3) is 0.905. The minimum absolute atomic E-state index is 0.355. The van der Waals surface area contributed by atoms with E-state index < -0.39 is 5.60 Å². The average Bonchev–Trinajstić information content (AvgIpc) is 3.31. The van der Waals surface area contributed by atoms with Crippen molar-refractivity contribution in [1.82, 2.24) is 20.4 Å². The molecule has 0 saturated carbocycles. The Morgan fingerprint density at radius 2 is 1.79 bits per heavy atom. The summed E-state index contributed by atoms with van der Waals surface area (Å²) in [5.74, 6) is 0.930. The van der Waals surface area contributed by atoms with E-state index in [2.05, 4.69) is 39.3 Å². The van der Waals surface area contributed by atoms with E-state index in [1.165, 1.54) is 32.4 Å². The molecule has 2 aliphatic heterocycles. The van der Waals surface area contributed by atoms with Crippen molar-refractivity contribution in [2.75, 3.05) is 39.8 Å². The molecular formula is C21H41N5O2. The summed E-state index contributed by atoms with van der Waals surface area (Å²) in [4.78, 5) is 21.8. The van der Waals surface area contributed by atoms with Crippen LogP contribution in [0.15, 0.2) is 4.99 Å². The van der Waals surface area contributed by atoms with Crippen molar-refractivity contribution in [2.24, 2.45) is 4.99 Å². The molecule has 7 nitrogen and oxygen atoms in total. The lowest BCUT2D eigenvalue weighted by Gasteiger charge is -2.35. The third-order valence-corrected chi connectivity index (χ3v) is 6.04. The molecule has 1 unspecified atom stereocenters. The van der Waals surface area contributed by atoms with E-state index in [4.69, 9.17) is 4.74 Å². The smallest absolute Gasteiger partial charge is 0.408 e. The van der Waals surface area contributed by atoms with Crippen LogP contribution >= 0.6 is 0 Å². The van der Waals surface area contributed by atoms with Gasteiger partial charge in [-0.1, -0.05) is 13.8 Å². The number of amides is 1. The summed E-state index contributed by atoms with van der Waals surface area (Å²) < 4.78 is 5.48. The minimum Gasteiger partial charge on any atom is -0.444 e. The lowest BCUT2D eigenvalue weighted by molar-refractivity contribution is 0.0448. The molecule has 2 fully saturated rings. The van der Waals surface area contributed by atoms with E-state index in [1.807, 2.05) is 27.8 Å². The quantitative estimate of drug-likeness (QED) is 0.535. The molecule has 0 aliphatic carbocycles. The Balaban J connectivity index is 1.92. The van der Waals surface area contributed by atoms with Gasteiger partial charge < -0.3 is 20.3 Å². The summed E-state index contributed by atoms with van der Waals surface area (Å²) in [5, 5.41) is 6.63. The lowest BCUT2D eigenvalue weighted by atomic mass is 9.93. The number of nitrogens with one attached hydrogen (secondary N) is 2. The zero-order valence-electron chi connectivity index (χ0n) is 18.8. The van der Waals surface area contributed by atoms with Crippen LogP contribution in [0, 0.1) is 0 Å². The largest absolute Gasteiger partial charge is 0.444 e. The normalized spacial score (nSPS) is 21.9. The Morgan fingerprint density at radius 1 is 1.14 bits per heavy atom. The molecule has 2 rings (SSSR count). The number of ether oxygens (including phenoxy) is 1. The number of hydrogen-bond donors (Lipinski definition) is 2. The van der Waals surface area contributed by atoms with Crippen molar-refractivity contribution < 1.29 is 9.53 Å². The number of likely N-dealkylation sites (tertiary alicyclic amines) is 2. The monoisotopic (exact) mass is 395 g/mol. The first kappa shape index (κ1) is 22.8. The highest BCUT2D eigenvalue weighted by atomic mass is 16.6. The highest BCUT2D eigenvalue weighted by Gasteiger charge is 2.33. The van der Waals surface area contributed by atoms with E-state index in [-0.39, 0.29) is 11.6 Å². The average molecular weight is 396 g/mol. The van der Waals surface area contributed by atoms with Crippen LogP contribution in [0.5, 0.6) is 0 Å². The third kappa shape index (κ3) is 6.26. The molecule has 28 heavy (non-hydrogen) atoms.